The van der Waals surface area contributed by atoms with E-state index in [1.807, 2.05) is 60.7 Å². The molecule has 0 aromatic heterocycles. The molecule has 2 aromatic carbocycles. The van der Waals surface area contributed by atoms with Gasteiger partial charge in [0.15, 0.2) is 12.4 Å². The SMILES string of the molecule is CC(=O)O[C@H]1[C@H](OCc2ccccc2)[C@H](O)[C@@H](O)O[C@@H]1COCc1ccccc1. The van der Waals surface area contributed by atoms with Crippen LogP contribution >= 0.6 is 0 Å². The van der Waals surface area contributed by atoms with E-state index in [1.165, 1.54) is 6.92 Å². The summed E-state index contributed by atoms with van der Waals surface area (Å²) in [5.74, 6) is -0.538. The highest BCUT2D eigenvalue weighted by molar-refractivity contribution is 5.66. The number of aliphatic hydroxyl groups excluding tert-OH is 2. The first-order valence-corrected chi connectivity index (χ1v) is 9.50. The van der Waals surface area contributed by atoms with Crippen LogP contribution in [0.1, 0.15) is 18.1 Å². The molecule has 2 N–H and O–H groups in total. The predicted octanol–water partition coefficient (Wildman–Crippen LogP) is 1.80. The van der Waals surface area contributed by atoms with Gasteiger partial charge in [-0.15, -0.1) is 0 Å². The average molecular weight is 402 g/mol. The smallest absolute Gasteiger partial charge is 0.303 e. The molecule has 0 bridgehead atoms. The minimum Gasteiger partial charge on any atom is -0.457 e. The molecule has 29 heavy (non-hydrogen) atoms. The highest BCUT2D eigenvalue weighted by Gasteiger charge is 2.47. The Labute approximate surface area is 169 Å². The highest BCUT2D eigenvalue weighted by Crippen LogP contribution is 2.26. The van der Waals surface area contributed by atoms with Crippen LogP contribution in [0.15, 0.2) is 60.7 Å². The van der Waals surface area contributed by atoms with E-state index in [1.54, 1.807) is 0 Å². The summed E-state index contributed by atoms with van der Waals surface area (Å²) in [6, 6.07) is 19.0. The van der Waals surface area contributed by atoms with E-state index in [4.69, 9.17) is 18.9 Å². The van der Waals surface area contributed by atoms with Crippen LogP contribution in [0, 0.1) is 0 Å². The lowest BCUT2D eigenvalue weighted by atomic mass is 9.98. The normalized spacial score (nSPS) is 26.8. The summed E-state index contributed by atoms with van der Waals surface area (Å²) in [6.07, 6.45) is -5.53. The molecule has 0 spiro atoms. The van der Waals surface area contributed by atoms with Gasteiger partial charge in [-0.25, -0.2) is 0 Å². The molecule has 0 radical (unpaired) electrons. The van der Waals surface area contributed by atoms with Gasteiger partial charge in [0.1, 0.15) is 18.3 Å². The number of carbonyl (C=O) groups is 1. The quantitative estimate of drug-likeness (QED) is 0.650. The van der Waals surface area contributed by atoms with Crippen molar-refractivity contribution in [1.29, 1.82) is 0 Å². The minimum atomic E-state index is -1.48. The topological polar surface area (TPSA) is 94.5 Å². The van der Waals surface area contributed by atoms with Gasteiger partial charge in [0.05, 0.1) is 19.8 Å². The zero-order valence-electron chi connectivity index (χ0n) is 16.2. The Morgan fingerprint density at radius 3 is 2.10 bits per heavy atom. The lowest BCUT2D eigenvalue weighted by Gasteiger charge is -2.42. The third kappa shape index (κ3) is 6.09. The van der Waals surface area contributed by atoms with E-state index in [9.17, 15) is 15.0 Å². The molecule has 1 aliphatic rings. The molecule has 5 atom stereocenters. The van der Waals surface area contributed by atoms with Gasteiger partial charge in [-0.05, 0) is 11.1 Å². The number of aliphatic hydroxyl groups is 2. The van der Waals surface area contributed by atoms with Gasteiger partial charge < -0.3 is 29.2 Å². The molecule has 7 nitrogen and oxygen atoms in total. The summed E-state index contributed by atoms with van der Waals surface area (Å²) in [5.41, 5.74) is 1.86. The standard InChI is InChI=1S/C22H26O7/c1-15(23)28-20-18(14-26-12-16-8-4-2-5-9-16)29-22(25)19(24)21(20)27-13-17-10-6-3-7-11-17/h2-11,18-22,24-25H,12-14H2,1H3/t18-,19+,20-,21-,22+/m1/s1. The van der Waals surface area contributed by atoms with Gasteiger partial charge in [0, 0.05) is 6.92 Å². The van der Waals surface area contributed by atoms with Crippen LogP contribution in [0.3, 0.4) is 0 Å². The van der Waals surface area contributed by atoms with Crippen molar-refractivity contribution in [2.24, 2.45) is 0 Å². The van der Waals surface area contributed by atoms with Gasteiger partial charge in [-0.3, -0.25) is 4.79 Å². The lowest BCUT2D eigenvalue weighted by molar-refractivity contribution is -0.300. The van der Waals surface area contributed by atoms with Crippen molar-refractivity contribution in [2.45, 2.75) is 50.8 Å². The molecule has 0 aliphatic carbocycles. The van der Waals surface area contributed by atoms with Crippen molar-refractivity contribution in [1.82, 2.24) is 0 Å². The Bertz CT molecular complexity index is 752. The van der Waals surface area contributed by atoms with Crippen LogP contribution in [-0.2, 0) is 37.0 Å². The molecule has 0 unspecified atom stereocenters. The van der Waals surface area contributed by atoms with Crippen molar-refractivity contribution < 1.29 is 34.0 Å². The zero-order valence-corrected chi connectivity index (χ0v) is 16.2. The van der Waals surface area contributed by atoms with Gasteiger partial charge >= 0.3 is 5.97 Å². The maximum Gasteiger partial charge on any atom is 0.303 e. The zero-order chi connectivity index (χ0) is 20.6. The number of rotatable bonds is 8. The fraction of sp³-hybridized carbons (Fsp3) is 0.409. The second kappa shape index (κ2) is 10.5. The summed E-state index contributed by atoms with van der Waals surface area (Å²) in [7, 11) is 0. The summed E-state index contributed by atoms with van der Waals surface area (Å²) in [4.78, 5) is 11.6. The van der Waals surface area contributed by atoms with Crippen LogP contribution in [0.2, 0.25) is 0 Å². The number of hydrogen-bond acceptors (Lipinski definition) is 7. The van der Waals surface area contributed by atoms with Crippen LogP contribution < -0.4 is 0 Å². The summed E-state index contributed by atoms with van der Waals surface area (Å²) >= 11 is 0. The number of ether oxygens (including phenoxy) is 4. The van der Waals surface area contributed by atoms with E-state index in [-0.39, 0.29) is 13.2 Å². The van der Waals surface area contributed by atoms with Crippen molar-refractivity contribution in [3.63, 3.8) is 0 Å². The maximum atomic E-state index is 11.6. The van der Waals surface area contributed by atoms with Gasteiger partial charge in [-0.2, -0.15) is 0 Å². The Morgan fingerprint density at radius 2 is 1.52 bits per heavy atom. The Morgan fingerprint density at radius 1 is 0.931 bits per heavy atom. The number of esters is 1. The summed E-state index contributed by atoms with van der Waals surface area (Å²) < 4.78 is 22.4. The van der Waals surface area contributed by atoms with E-state index in [0.717, 1.165) is 11.1 Å². The highest BCUT2D eigenvalue weighted by atomic mass is 16.7. The fourth-order valence-corrected chi connectivity index (χ4v) is 3.20. The summed E-state index contributed by atoms with van der Waals surface area (Å²) in [6.45, 7) is 1.85. The molecule has 7 heteroatoms. The van der Waals surface area contributed by atoms with Crippen molar-refractivity contribution in [3.8, 4) is 0 Å². The molecule has 1 saturated heterocycles. The van der Waals surface area contributed by atoms with E-state index in [0.29, 0.717) is 6.61 Å². The maximum absolute atomic E-state index is 11.6. The van der Waals surface area contributed by atoms with Crippen molar-refractivity contribution in [2.75, 3.05) is 6.61 Å². The van der Waals surface area contributed by atoms with Crippen LogP contribution in [0.4, 0.5) is 0 Å². The third-order valence-electron chi connectivity index (χ3n) is 4.61. The molecule has 1 fully saturated rings. The second-order valence-corrected chi connectivity index (χ2v) is 6.89. The molecule has 1 aliphatic heterocycles. The van der Waals surface area contributed by atoms with Gasteiger partial charge in [0.25, 0.3) is 0 Å². The molecule has 3 rings (SSSR count). The molecule has 156 valence electrons. The predicted molar refractivity (Wildman–Crippen MR) is 104 cm³/mol. The van der Waals surface area contributed by atoms with E-state index < -0.39 is 36.7 Å². The Kier molecular flexibility index (Phi) is 7.74. The molecule has 0 saturated carbocycles. The minimum absolute atomic E-state index is 0.0574. The fourth-order valence-electron chi connectivity index (χ4n) is 3.20. The van der Waals surface area contributed by atoms with Gasteiger partial charge in [-0.1, -0.05) is 60.7 Å². The molecule has 0 amide bonds. The first-order valence-electron chi connectivity index (χ1n) is 9.50. The lowest BCUT2D eigenvalue weighted by Crippen LogP contribution is -2.60. The molecular formula is C22H26O7. The molecule has 2 aromatic rings. The van der Waals surface area contributed by atoms with Crippen LogP contribution in [0.25, 0.3) is 0 Å². The van der Waals surface area contributed by atoms with E-state index in [2.05, 4.69) is 0 Å². The second-order valence-electron chi connectivity index (χ2n) is 6.89. The van der Waals surface area contributed by atoms with Crippen LogP contribution in [0.5, 0.6) is 0 Å². The van der Waals surface area contributed by atoms with E-state index >= 15 is 0 Å². The van der Waals surface area contributed by atoms with Gasteiger partial charge in [0.2, 0.25) is 0 Å². The number of benzene rings is 2. The Hall–Kier alpha value is -2.29. The van der Waals surface area contributed by atoms with Crippen molar-refractivity contribution in [3.05, 3.63) is 71.8 Å². The third-order valence-corrected chi connectivity index (χ3v) is 4.61. The monoisotopic (exact) mass is 402 g/mol. The van der Waals surface area contributed by atoms with Crippen molar-refractivity contribution >= 4 is 5.97 Å². The van der Waals surface area contributed by atoms with Crippen LogP contribution in [-0.4, -0.2) is 53.5 Å². The summed E-state index contributed by atoms with van der Waals surface area (Å²) in [5, 5.41) is 20.5. The largest absolute Gasteiger partial charge is 0.457 e. The Balaban J connectivity index is 1.67. The first-order chi connectivity index (χ1) is 14.0. The molecule has 1 heterocycles. The first kappa shape index (κ1) is 21.4. The molecular weight excluding hydrogens is 376 g/mol. The average Bonchev–Trinajstić information content (AvgIpc) is 2.72. The number of hydrogen-bond donors (Lipinski definition) is 2. The number of carbonyl (C=O) groups excluding carboxylic acids is 1.